The summed E-state index contributed by atoms with van der Waals surface area (Å²) in [4.78, 5) is 26.3. The first-order valence-electron chi connectivity index (χ1n) is 11.3. The molecule has 10 heteroatoms. The molecule has 0 aliphatic carbocycles. The van der Waals surface area contributed by atoms with Gasteiger partial charge in [0.2, 0.25) is 11.8 Å². The first-order chi connectivity index (χ1) is 17.0. The zero-order valence-corrected chi connectivity index (χ0v) is 19.2. The molecule has 0 unspecified atom stereocenters. The van der Waals surface area contributed by atoms with Gasteiger partial charge in [-0.15, -0.1) is 0 Å². The van der Waals surface area contributed by atoms with Crippen LogP contribution in [0.25, 0.3) is 0 Å². The minimum absolute atomic E-state index is 0.103. The highest BCUT2D eigenvalue weighted by Crippen LogP contribution is 2.33. The van der Waals surface area contributed by atoms with Crippen molar-refractivity contribution in [1.82, 2.24) is 14.9 Å². The predicted molar refractivity (Wildman–Crippen MR) is 123 cm³/mol. The van der Waals surface area contributed by atoms with Crippen molar-refractivity contribution in [3.8, 4) is 17.4 Å². The Morgan fingerprint density at radius 2 is 1.83 bits per heavy atom. The average molecular weight is 482 g/mol. The minimum atomic E-state index is -1.02. The molecule has 0 saturated carbocycles. The van der Waals surface area contributed by atoms with Crippen LogP contribution in [-0.2, 0) is 17.7 Å². The number of morpholine rings is 1. The van der Waals surface area contributed by atoms with Crippen LogP contribution in [0, 0.1) is 11.6 Å². The molecule has 35 heavy (non-hydrogen) atoms. The van der Waals surface area contributed by atoms with Gasteiger partial charge in [-0.1, -0.05) is 12.1 Å². The maximum atomic E-state index is 13.8. The number of halogens is 2. The van der Waals surface area contributed by atoms with Crippen molar-refractivity contribution < 1.29 is 27.8 Å². The first-order valence-corrected chi connectivity index (χ1v) is 11.3. The molecule has 1 aromatic heterocycles. The van der Waals surface area contributed by atoms with E-state index in [-0.39, 0.29) is 24.1 Å². The van der Waals surface area contributed by atoms with Crippen LogP contribution in [0.15, 0.2) is 42.5 Å². The van der Waals surface area contributed by atoms with E-state index in [4.69, 9.17) is 19.2 Å². The Labute approximate surface area is 201 Å². The summed E-state index contributed by atoms with van der Waals surface area (Å²) >= 11 is 0. The molecule has 182 valence electrons. The number of hydrogen-bond donors (Lipinski definition) is 0. The van der Waals surface area contributed by atoms with Crippen LogP contribution < -0.4 is 14.4 Å². The molecule has 2 aliphatic rings. The van der Waals surface area contributed by atoms with E-state index in [0.29, 0.717) is 62.1 Å². The topological polar surface area (TPSA) is 77.0 Å². The summed E-state index contributed by atoms with van der Waals surface area (Å²) in [6.45, 7) is 3.02. The fraction of sp³-hybridized carbons (Fsp3) is 0.320. The highest BCUT2D eigenvalue weighted by atomic mass is 19.2. The lowest BCUT2D eigenvalue weighted by molar-refractivity contribution is 0.0728. The van der Waals surface area contributed by atoms with E-state index in [0.717, 1.165) is 17.8 Å². The standard InChI is InChI=1S/C25H24F2N4O4/c1-33-22-5-3-2-4-17(22)24(32)31-9-8-21-18(15-31)23(35-16-6-7-19(26)20(27)14-16)29-25(28-21)30-10-12-34-13-11-30/h2-7,14H,8-13,15H2,1H3. The fourth-order valence-corrected chi connectivity index (χ4v) is 4.18. The monoisotopic (exact) mass is 482 g/mol. The van der Waals surface area contributed by atoms with Gasteiger partial charge in [0.25, 0.3) is 5.91 Å². The SMILES string of the molecule is COc1ccccc1C(=O)N1CCc2nc(N3CCOCC3)nc(Oc3ccc(F)c(F)c3)c2C1. The second-order valence-electron chi connectivity index (χ2n) is 8.21. The van der Waals surface area contributed by atoms with Crippen molar-refractivity contribution >= 4 is 11.9 Å². The molecule has 0 atom stereocenters. The third-order valence-corrected chi connectivity index (χ3v) is 6.03. The van der Waals surface area contributed by atoms with E-state index in [1.165, 1.54) is 13.2 Å². The number of para-hydroxylation sites is 1. The van der Waals surface area contributed by atoms with E-state index in [1.54, 1.807) is 29.2 Å². The number of carbonyl (C=O) groups is 1. The Bertz CT molecular complexity index is 1250. The number of amides is 1. The molecule has 0 spiro atoms. The maximum Gasteiger partial charge on any atom is 0.257 e. The van der Waals surface area contributed by atoms with Crippen LogP contribution in [0.5, 0.6) is 17.4 Å². The molecule has 2 aromatic carbocycles. The molecule has 0 bridgehead atoms. The van der Waals surface area contributed by atoms with Gasteiger partial charge in [0, 0.05) is 32.1 Å². The Kier molecular flexibility index (Phi) is 6.45. The minimum Gasteiger partial charge on any atom is -0.496 e. The van der Waals surface area contributed by atoms with Crippen LogP contribution in [0.1, 0.15) is 21.6 Å². The lowest BCUT2D eigenvalue weighted by atomic mass is 10.0. The van der Waals surface area contributed by atoms with Crippen LogP contribution in [-0.4, -0.2) is 60.7 Å². The Hall–Kier alpha value is -3.79. The molecule has 3 aromatic rings. The Morgan fingerprint density at radius 3 is 2.60 bits per heavy atom. The first kappa shape index (κ1) is 23.0. The lowest BCUT2D eigenvalue weighted by Gasteiger charge is -2.32. The highest BCUT2D eigenvalue weighted by molar-refractivity contribution is 5.97. The predicted octanol–water partition coefficient (Wildman–Crippen LogP) is 3.59. The number of ether oxygens (including phenoxy) is 3. The number of fused-ring (bicyclic) bond motifs is 1. The summed E-state index contributed by atoms with van der Waals surface area (Å²) in [6, 6.07) is 10.3. The number of benzene rings is 2. The van der Waals surface area contributed by atoms with Crippen molar-refractivity contribution in [2.75, 3.05) is 44.9 Å². The van der Waals surface area contributed by atoms with Gasteiger partial charge < -0.3 is 24.0 Å². The molecule has 1 saturated heterocycles. The van der Waals surface area contributed by atoms with Gasteiger partial charge in [0.15, 0.2) is 11.6 Å². The normalized spacial score (nSPS) is 15.5. The van der Waals surface area contributed by atoms with Crippen LogP contribution in [0.2, 0.25) is 0 Å². The number of nitrogens with zero attached hydrogens (tertiary/aromatic N) is 4. The third-order valence-electron chi connectivity index (χ3n) is 6.03. The zero-order valence-electron chi connectivity index (χ0n) is 19.2. The Balaban J connectivity index is 1.50. The quantitative estimate of drug-likeness (QED) is 0.550. The number of anilines is 1. The molecule has 2 aliphatic heterocycles. The fourth-order valence-electron chi connectivity index (χ4n) is 4.18. The van der Waals surface area contributed by atoms with Gasteiger partial charge in [-0.05, 0) is 24.3 Å². The summed E-state index contributed by atoms with van der Waals surface area (Å²) < 4.78 is 44.0. The average Bonchev–Trinajstić information content (AvgIpc) is 2.90. The van der Waals surface area contributed by atoms with E-state index in [9.17, 15) is 13.6 Å². The second kappa shape index (κ2) is 9.83. The smallest absolute Gasteiger partial charge is 0.257 e. The van der Waals surface area contributed by atoms with Gasteiger partial charge >= 0.3 is 0 Å². The van der Waals surface area contributed by atoms with Crippen LogP contribution >= 0.6 is 0 Å². The van der Waals surface area contributed by atoms with Gasteiger partial charge in [0.05, 0.1) is 43.7 Å². The van der Waals surface area contributed by atoms with Crippen LogP contribution in [0.3, 0.4) is 0 Å². The molecule has 3 heterocycles. The van der Waals surface area contributed by atoms with Crippen molar-refractivity contribution in [2.24, 2.45) is 0 Å². The van der Waals surface area contributed by atoms with Gasteiger partial charge in [-0.2, -0.15) is 4.98 Å². The molecule has 5 rings (SSSR count). The zero-order chi connectivity index (χ0) is 24.4. The molecule has 0 N–H and O–H groups in total. The molecule has 1 amide bonds. The summed E-state index contributed by atoms with van der Waals surface area (Å²) in [5, 5.41) is 0. The molecule has 1 fully saturated rings. The summed E-state index contributed by atoms with van der Waals surface area (Å²) in [7, 11) is 1.52. The number of hydrogen-bond acceptors (Lipinski definition) is 7. The molecule has 8 nitrogen and oxygen atoms in total. The number of rotatable bonds is 5. The molecule has 0 radical (unpaired) electrons. The van der Waals surface area contributed by atoms with Gasteiger partial charge in [-0.3, -0.25) is 4.79 Å². The Morgan fingerprint density at radius 1 is 1.03 bits per heavy atom. The second-order valence-corrected chi connectivity index (χ2v) is 8.21. The van der Waals surface area contributed by atoms with E-state index in [1.807, 2.05) is 4.90 Å². The summed E-state index contributed by atoms with van der Waals surface area (Å²) in [5.74, 6) is -0.902. The number of carbonyl (C=O) groups excluding carboxylic acids is 1. The van der Waals surface area contributed by atoms with E-state index in [2.05, 4.69) is 4.98 Å². The van der Waals surface area contributed by atoms with Crippen molar-refractivity contribution in [1.29, 1.82) is 0 Å². The highest BCUT2D eigenvalue weighted by Gasteiger charge is 2.29. The van der Waals surface area contributed by atoms with Gasteiger partial charge in [0.1, 0.15) is 11.5 Å². The van der Waals surface area contributed by atoms with E-state index < -0.39 is 11.6 Å². The number of aromatic nitrogens is 2. The third kappa shape index (κ3) is 4.74. The lowest BCUT2D eigenvalue weighted by Crippen LogP contribution is -2.39. The largest absolute Gasteiger partial charge is 0.496 e. The van der Waals surface area contributed by atoms with Crippen LogP contribution in [0.4, 0.5) is 14.7 Å². The molecular weight excluding hydrogens is 458 g/mol. The molecular formula is C25H24F2N4O4. The summed E-state index contributed by atoms with van der Waals surface area (Å²) in [5.41, 5.74) is 1.83. The van der Waals surface area contributed by atoms with E-state index >= 15 is 0 Å². The maximum absolute atomic E-state index is 13.8. The van der Waals surface area contributed by atoms with Gasteiger partial charge in [-0.25, -0.2) is 13.8 Å². The van der Waals surface area contributed by atoms with Crippen molar-refractivity contribution in [3.63, 3.8) is 0 Å². The number of methoxy groups -OCH3 is 1. The van der Waals surface area contributed by atoms with Crippen molar-refractivity contribution in [3.05, 3.63) is 70.9 Å². The van der Waals surface area contributed by atoms with Crippen molar-refractivity contribution in [2.45, 2.75) is 13.0 Å². The summed E-state index contributed by atoms with van der Waals surface area (Å²) in [6.07, 6.45) is 0.490.